The smallest absolute Gasteiger partial charge is 0.129 e. The summed E-state index contributed by atoms with van der Waals surface area (Å²) in [6, 6.07) is 4.54. The zero-order chi connectivity index (χ0) is 15.6. The highest BCUT2D eigenvalue weighted by Crippen LogP contribution is 2.31. The van der Waals surface area contributed by atoms with Gasteiger partial charge in [-0.15, -0.1) is 11.3 Å². The van der Waals surface area contributed by atoms with Crippen molar-refractivity contribution in [2.45, 2.75) is 39.2 Å². The predicted molar refractivity (Wildman–Crippen MR) is 87.7 cm³/mol. The van der Waals surface area contributed by atoms with Crippen molar-refractivity contribution < 1.29 is 4.39 Å². The molecule has 2 rings (SSSR count). The van der Waals surface area contributed by atoms with E-state index in [1.807, 2.05) is 12.3 Å². The number of hydrogen-bond donors (Lipinski definition) is 1. The summed E-state index contributed by atoms with van der Waals surface area (Å²) in [5, 5.41) is 6.64. The first-order chi connectivity index (χ1) is 9.82. The number of thiazole rings is 1. The van der Waals surface area contributed by atoms with E-state index in [1.165, 1.54) is 6.07 Å². The van der Waals surface area contributed by atoms with Crippen LogP contribution in [0.4, 0.5) is 4.39 Å². The Balaban J connectivity index is 2.41. The molecule has 0 fully saturated rings. The third kappa shape index (κ3) is 3.82. The van der Waals surface area contributed by atoms with Gasteiger partial charge in [-0.3, -0.25) is 0 Å². The molecule has 1 aromatic carbocycles. The van der Waals surface area contributed by atoms with Crippen molar-refractivity contribution >= 4 is 22.9 Å². The van der Waals surface area contributed by atoms with E-state index in [4.69, 9.17) is 16.6 Å². The summed E-state index contributed by atoms with van der Waals surface area (Å²) in [7, 11) is 0. The van der Waals surface area contributed by atoms with Crippen LogP contribution in [0.25, 0.3) is 0 Å². The van der Waals surface area contributed by atoms with Gasteiger partial charge in [0.2, 0.25) is 0 Å². The Morgan fingerprint density at radius 3 is 2.62 bits per heavy atom. The minimum Gasteiger partial charge on any atom is -0.304 e. The third-order valence-electron chi connectivity index (χ3n) is 3.22. The van der Waals surface area contributed by atoms with Crippen LogP contribution in [-0.2, 0) is 5.41 Å². The van der Waals surface area contributed by atoms with Crippen LogP contribution in [0.2, 0.25) is 5.02 Å². The van der Waals surface area contributed by atoms with Crippen molar-refractivity contribution in [2.75, 3.05) is 6.54 Å². The van der Waals surface area contributed by atoms with Gasteiger partial charge < -0.3 is 5.32 Å². The van der Waals surface area contributed by atoms with Crippen molar-refractivity contribution in [3.8, 4) is 0 Å². The lowest BCUT2D eigenvalue weighted by atomic mass is 9.93. The molecule has 1 atom stereocenters. The molecule has 0 spiro atoms. The van der Waals surface area contributed by atoms with Crippen LogP contribution < -0.4 is 5.32 Å². The van der Waals surface area contributed by atoms with E-state index in [1.54, 1.807) is 23.5 Å². The van der Waals surface area contributed by atoms with Gasteiger partial charge in [0, 0.05) is 21.4 Å². The Labute approximate surface area is 134 Å². The summed E-state index contributed by atoms with van der Waals surface area (Å²) in [6.07, 6.45) is 0. The summed E-state index contributed by atoms with van der Waals surface area (Å²) < 4.78 is 14.2. The fourth-order valence-electron chi connectivity index (χ4n) is 2.03. The molecule has 0 aliphatic carbocycles. The first kappa shape index (κ1) is 16.4. The number of benzene rings is 1. The molecule has 1 N–H and O–H groups in total. The maximum absolute atomic E-state index is 14.2. The summed E-state index contributed by atoms with van der Waals surface area (Å²) in [4.78, 5) is 4.70. The zero-order valence-corrected chi connectivity index (χ0v) is 14.3. The second-order valence-electron chi connectivity index (χ2n) is 5.98. The maximum atomic E-state index is 14.2. The molecule has 0 amide bonds. The number of halogens is 2. The second-order valence-corrected chi connectivity index (χ2v) is 7.30. The molecule has 0 aliphatic rings. The Morgan fingerprint density at radius 2 is 2.10 bits per heavy atom. The van der Waals surface area contributed by atoms with Gasteiger partial charge in [0.1, 0.15) is 10.8 Å². The molecule has 5 heteroatoms. The van der Waals surface area contributed by atoms with Crippen LogP contribution in [0.15, 0.2) is 23.6 Å². The van der Waals surface area contributed by atoms with Gasteiger partial charge in [-0.25, -0.2) is 9.37 Å². The van der Waals surface area contributed by atoms with Crippen molar-refractivity contribution in [3.63, 3.8) is 0 Å². The quantitative estimate of drug-likeness (QED) is 0.861. The Morgan fingerprint density at radius 1 is 1.38 bits per heavy atom. The molecule has 21 heavy (non-hydrogen) atoms. The molecule has 0 radical (unpaired) electrons. The molecule has 0 aliphatic heterocycles. The second kappa shape index (κ2) is 6.42. The lowest BCUT2D eigenvalue weighted by molar-refractivity contribution is 0.545. The van der Waals surface area contributed by atoms with Gasteiger partial charge in [0.05, 0.1) is 11.7 Å². The highest BCUT2D eigenvalue weighted by atomic mass is 35.5. The van der Waals surface area contributed by atoms with E-state index >= 15 is 0 Å². The number of aromatic nitrogens is 1. The van der Waals surface area contributed by atoms with Crippen LogP contribution in [0.5, 0.6) is 0 Å². The standard InChI is InChI=1S/C16H20ClFN2S/c1-5-19-14(11-7-6-10(17)8-12(11)18)15-20-13(9-21-15)16(2,3)4/h6-9,14,19H,5H2,1-4H3. The van der Waals surface area contributed by atoms with Crippen LogP contribution in [-0.4, -0.2) is 11.5 Å². The fraction of sp³-hybridized carbons (Fsp3) is 0.438. The van der Waals surface area contributed by atoms with Gasteiger partial charge in [-0.05, 0) is 18.7 Å². The van der Waals surface area contributed by atoms with Crippen molar-refractivity contribution in [1.82, 2.24) is 10.3 Å². The van der Waals surface area contributed by atoms with E-state index in [-0.39, 0.29) is 17.3 Å². The summed E-state index contributed by atoms with van der Waals surface area (Å²) >= 11 is 7.39. The average molecular weight is 327 g/mol. The average Bonchev–Trinajstić information content (AvgIpc) is 2.86. The van der Waals surface area contributed by atoms with Crippen LogP contribution in [0.1, 0.15) is 50.0 Å². The Kier molecular flexibility index (Phi) is 5.02. The predicted octanol–water partition coefficient (Wildman–Crippen LogP) is 4.93. The molecule has 2 aromatic rings. The molecule has 2 nitrogen and oxygen atoms in total. The summed E-state index contributed by atoms with van der Waals surface area (Å²) in [5.41, 5.74) is 1.60. The van der Waals surface area contributed by atoms with Gasteiger partial charge in [-0.1, -0.05) is 45.4 Å². The van der Waals surface area contributed by atoms with Gasteiger partial charge in [0.25, 0.3) is 0 Å². The van der Waals surface area contributed by atoms with Crippen molar-refractivity contribution in [2.24, 2.45) is 0 Å². The van der Waals surface area contributed by atoms with Crippen LogP contribution in [0, 0.1) is 5.82 Å². The molecular weight excluding hydrogens is 307 g/mol. The topological polar surface area (TPSA) is 24.9 Å². The van der Waals surface area contributed by atoms with Crippen LogP contribution >= 0.6 is 22.9 Å². The number of hydrogen-bond acceptors (Lipinski definition) is 3. The minimum atomic E-state index is -0.305. The lowest BCUT2D eigenvalue weighted by Crippen LogP contribution is -2.23. The van der Waals surface area contributed by atoms with Crippen molar-refractivity contribution in [3.05, 3.63) is 50.7 Å². The fourth-order valence-corrected chi connectivity index (χ4v) is 3.33. The molecular formula is C16H20ClFN2S. The van der Waals surface area contributed by atoms with Gasteiger partial charge in [-0.2, -0.15) is 0 Å². The Hall–Kier alpha value is -0.970. The summed E-state index contributed by atoms with van der Waals surface area (Å²) in [5.74, 6) is -0.305. The van der Waals surface area contributed by atoms with Crippen LogP contribution in [0.3, 0.4) is 0 Å². The van der Waals surface area contributed by atoms with E-state index in [9.17, 15) is 4.39 Å². The van der Waals surface area contributed by atoms with Gasteiger partial charge >= 0.3 is 0 Å². The van der Waals surface area contributed by atoms with Gasteiger partial charge in [0.15, 0.2) is 0 Å². The largest absolute Gasteiger partial charge is 0.304 e. The Bertz CT molecular complexity index is 619. The highest BCUT2D eigenvalue weighted by Gasteiger charge is 2.24. The van der Waals surface area contributed by atoms with E-state index in [0.717, 1.165) is 17.2 Å². The van der Waals surface area contributed by atoms with Crippen molar-refractivity contribution in [1.29, 1.82) is 0 Å². The molecule has 1 aromatic heterocycles. The molecule has 0 bridgehead atoms. The molecule has 114 valence electrons. The number of nitrogens with zero attached hydrogens (tertiary/aromatic N) is 1. The first-order valence-electron chi connectivity index (χ1n) is 6.97. The SMILES string of the molecule is CCNC(c1nc(C(C)(C)C)cs1)c1ccc(Cl)cc1F. The maximum Gasteiger partial charge on any atom is 0.129 e. The molecule has 1 heterocycles. The number of rotatable bonds is 4. The lowest BCUT2D eigenvalue weighted by Gasteiger charge is -2.18. The van der Waals surface area contributed by atoms with E-state index in [2.05, 4.69) is 26.1 Å². The normalized spacial score (nSPS) is 13.4. The molecule has 0 saturated heterocycles. The highest BCUT2D eigenvalue weighted by molar-refractivity contribution is 7.09. The molecule has 0 saturated carbocycles. The third-order valence-corrected chi connectivity index (χ3v) is 4.36. The van der Waals surface area contributed by atoms with E-state index < -0.39 is 0 Å². The molecule has 1 unspecified atom stereocenters. The number of nitrogens with one attached hydrogen (secondary N) is 1. The monoisotopic (exact) mass is 326 g/mol. The first-order valence-corrected chi connectivity index (χ1v) is 8.23. The zero-order valence-electron chi connectivity index (χ0n) is 12.7. The summed E-state index contributed by atoms with van der Waals surface area (Å²) in [6.45, 7) is 9.10. The van der Waals surface area contributed by atoms with E-state index in [0.29, 0.717) is 10.6 Å². The minimum absolute atomic E-state index is 0.00987.